The fourth-order valence-corrected chi connectivity index (χ4v) is 5.93. The van der Waals surface area contributed by atoms with Gasteiger partial charge in [0.25, 0.3) is 5.91 Å². The number of ether oxygens (including phenoxy) is 1. The number of nitrogens with zero attached hydrogens (tertiary/aromatic N) is 3. The van der Waals surface area contributed by atoms with Gasteiger partial charge < -0.3 is 15.2 Å². The van der Waals surface area contributed by atoms with Crippen LogP contribution in [0.2, 0.25) is 0 Å². The molecule has 3 heterocycles. The molecule has 1 amide bonds. The second-order valence-electron chi connectivity index (χ2n) is 8.42. The van der Waals surface area contributed by atoms with E-state index in [1.807, 2.05) is 0 Å². The van der Waals surface area contributed by atoms with E-state index in [0.717, 1.165) is 0 Å². The number of sulfone groups is 1. The van der Waals surface area contributed by atoms with E-state index < -0.39 is 34.0 Å². The summed E-state index contributed by atoms with van der Waals surface area (Å²) in [6.45, 7) is 0.359. The van der Waals surface area contributed by atoms with Crippen molar-refractivity contribution in [2.24, 2.45) is 0 Å². The van der Waals surface area contributed by atoms with E-state index in [9.17, 15) is 27.1 Å². The highest BCUT2D eigenvalue weighted by Gasteiger charge is 2.45. The first kappa shape index (κ1) is 23.1. The number of hydrogen-bond acceptors (Lipinski definition) is 7. The van der Waals surface area contributed by atoms with Crippen LogP contribution in [0.4, 0.5) is 8.78 Å². The minimum atomic E-state index is -3.14. The van der Waals surface area contributed by atoms with Crippen LogP contribution in [0.3, 0.4) is 0 Å². The molecule has 33 heavy (non-hydrogen) atoms. The zero-order valence-corrected chi connectivity index (χ0v) is 18.6. The molecule has 176 valence electrons. The van der Waals surface area contributed by atoms with Crippen LogP contribution in [0.1, 0.15) is 24.2 Å². The quantitative estimate of drug-likeness (QED) is 0.530. The van der Waals surface area contributed by atoms with E-state index in [2.05, 4.69) is 20.1 Å². The Kier molecular flexibility index (Phi) is 5.83. The van der Waals surface area contributed by atoms with Gasteiger partial charge in [-0.1, -0.05) is 12.1 Å². The molecule has 4 rings (SSSR count). The van der Waals surface area contributed by atoms with E-state index in [-0.39, 0.29) is 29.4 Å². The molecule has 9 nitrogen and oxygen atoms in total. The predicted octanol–water partition coefficient (Wildman–Crippen LogP) is 2.00. The first-order valence-electron chi connectivity index (χ1n) is 10.1. The summed E-state index contributed by atoms with van der Waals surface area (Å²) >= 11 is 0. The third-order valence-electron chi connectivity index (χ3n) is 5.11. The van der Waals surface area contributed by atoms with Crippen molar-refractivity contribution < 1.29 is 31.8 Å². The minimum absolute atomic E-state index is 0.0413. The number of nitrogens with one attached hydrogen (secondary N) is 1. The summed E-state index contributed by atoms with van der Waals surface area (Å²) in [5.74, 6) is -0.800. The Morgan fingerprint density at radius 2 is 2.06 bits per heavy atom. The monoisotopic (exact) mass is 480 g/mol. The highest BCUT2D eigenvalue weighted by Crippen LogP contribution is 2.30. The number of hydrogen-bond donors (Lipinski definition) is 2. The van der Waals surface area contributed by atoms with Crippen molar-refractivity contribution in [3.05, 3.63) is 42.1 Å². The first-order valence-corrected chi connectivity index (χ1v) is 11.9. The molecule has 0 saturated carbocycles. The van der Waals surface area contributed by atoms with Crippen molar-refractivity contribution in [1.29, 1.82) is 0 Å². The largest absolute Gasteiger partial charge is 0.435 e. The van der Waals surface area contributed by atoms with Gasteiger partial charge in [0.1, 0.15) is 17.0 Å². The van der Waals surface area contributed by atoms with Crippen molar-refractivity contribution >= 4 is 26.8 Å². The Balaban J connectivity index is 1.71. The second-order valence-corrected chi connectivity index (χ2v) is 10.5. The number of alkyl halides is 2. The van der Waals surface area contributed by atoms with Gasteiger partial charge in [-0.25, -0.2) is 8.42 Å². The van der Waals surface area contributed by atoms with Gasteiger partial charge in [0.15, 0.2) is 9.84 Å². The standard InChI is InChI=1S/C21H22F2N4O5S/c1-12(28)9-27-16-7-14(19(29)25-21(2)10-33(30,31)11-21)8-24-18(16)17(26-27)13-4-3-5-15(6-13)32-20(22)23/h3-8,12,20,28H,9-11H2,1-2H3,(H,25,29)/t12-/m1/s1. The Hall–Kier alpha value is -3.12. The fraction of sp³-hybridized carbons (Fsp3) is 0.381. The van der Waals surface area contributed by atoms with Gasteiger partial charge in [-0.05, 0) is 32.0 Å². The average molecular weight is 480 g/mol. The molecule has 0 radical (unpaired) electrons. The number of aliphatic hydroxyl groups is 1. The zero-order valence-electron chi connectivity index (χ0n) is 17.8. The number of carbonyl (C=O) groups is 1. The molecule has 1 aromatic carbocycles. The Morgan fingerprint density at radius 1 is 1.33 bits per heavy atom. The van der Waals surface area contributed by atoms with Gasteiger partial charge in [-0.3, -0.25) is 14.5 Å². The normalized spacial score (nSPS) is 17.5. The summed E-state index contributed by atoms with van der Waals surface area (Å²) in [4.78, 5) is 17.1. The molecule has 0 unspecified atom stereocenters. The SMILES string of the molecule is C[C@@H](O)Cn1nc(-c2cccc(OC(F)F)c2)c2ncc(C(=O)NC3(C)CS(=O)(=O)C3)cc21. The van der Waals surface area contributed by atoms with Crippen LogP contribution in [0.5, 0.6) is 5.75 Å². The van der Waals surface area contributed by atoms with E-state index in [1.165, 1.54) is 23.0 Å². The fourth-order valence-electron chi connectivity index (χ4n) is 3.93. The van der Waals surface area contributed by atoms with E-state index in [0.29, 0.717) is 22.3 Å². The van der Waals surface area contributed by atoms with E-state index >= 15 is 0 Å². The first-order chi connectivity index (χ1) is 15.4. The summed E-state index contributed by atoms with van der Waals surface area (Å²) < 4.78 is 54.2. The number of aromatic nitrogens is 3. The maximum Gasteiger partial charge on any atom is 0.387 e. The molecular weight excluding hydrogens is 458 g/mol. The molecule has 0 spiro atoms. The Bertz CT molecular complexity index is 1310. The van der Waals surface area contributed by atoms with E-state index in [1.54, 1.807) is 32.0 Å². The highest BCUT2D eigenvalue weighted by atomic mass is 32.2. The summed E-state index contributed by atoms with van der Waals surface area (Å²) in [6.07, 6.45) is 0.581. The van der Waals surface area contributed by atoms with Gasteiger partial charge >= 0.3 is 6.61 Å². The number of fused-ring (bicyclic) bond motifs is 1. The van der Waals surface area contributed by atoms with Gasteiger partial charge in [-0.2, -0.15) is 13.9 Å². The van der Waals surface area contributed by atoms with Crippen molar-refractivity contribution in [3.63, 3.8) is 0 Å². The molecule has 2 N–H and O–H groups in total. The molecule has 1 aliphatic rings. The summed E-state index contributed by atoms with van der Waals surface area (Å²) in [6, 6.07) is 7.55. The molecule has 0 bridgehead atoms. The van der Waals surface area contributed by atoms with Crippen molar-refractivity contribution in [2.75, 3.05) is 11.5 Å². The topological polar surface area (TPSA) is 123 Å². The van der Waals surface area contributed by atoms with Gasteiger partial charge in [0.05, 0.1) is 40.8 Å². The number of amides is 1. The van der Waals surface area contributed by atoms with Crippen LogP contribution < -0.4 is 10.1 Å². The molecular formula is C21H22F2N4O5S. The Morgan fingerprint density at radius 3 is 2.70 bits per heavy atom. The molecule has 3 aromatic rings. The Labute approximate surface area is 188 Å². The molecule has 1 saturated heterocycles. The van der Waals surface area contributed by atoms with Crippen LogP contribution in [-0.4, -0.2) is 64.0 Å². The number of halogens is 2. The zero-order chi connectivity index (χ0) is 24.0. The summed E-state index contributed by atoms with van der Waals surface area (Å²) in [5, 5.41) is 17.1. The predicted molar refractivity (Wildman–Crippen MR) is 116 cm³/mol. The lowest BCUT2D eigenvalue weighted by Gasteiger charge is -2.38. The molecule has 12 heteroatoms. The highest BCUT2D eigenvalue weighted by molar-refractivity contribution is 7.93. The number of aliphatic hydroxyl groups excluding tert-OH is 1. The molecule has 1 aliphatic heterocycles. The number of rotatable bonds is 7. The van der Waals surface area contributed by atoms with Crippen molar-refractivity contribution in [3.8, 4) is 17.0 Å². The third kappa shape index (κ3) is 4.96. The number of pyridine rings is 1. The van der Waals surface area contributed by atoms with Gasteiger partial charge in [-0.15, -0.1) is 0 Å². The lowest BCUT2D eigenvalue weighted by molar-refractivity contribution is -0.0498. The molecule has 2 aromatic heterocycles. The lowest BCUT2D eigenvalue weighted by atomic mass is 10.1. The average Bonchev–Trinajstić information content (AvgIpc) is 3.03. The molecule has 1 fully saturated rings. The van der Waals surface area contributed by atoms with E-state index in [4.69, 9.17) is 0 Å². The van der Waals surface area contributed by atoms with Crippen LogP contribution in [0.15, 0.2) is 36.5 Å². The number of benzene rings is 1. The lowest BCUT2D eigenvalue weighted by Crippen LogP contribution is -2.63. The van der Waals surface area contributed by atoms with Crippen molar-refractivity contribution in [2.45, 2.75) is 38.6 Å². The number of carbonyl (C=O) groups excluding carboxylic acids is 1. The van der Waals surface area contributed by atoms with Crippen molar-refractivity contribution in [1.82, 2.24) is 20.1 Å². The van der Waals surface area contributed by atoms with Crippen LogP contribution in [0, 0.1) is 0 Å². The van der Waals surface area contributed by atoms with Crippen LogP contribution >= 0.6 is 0 Å². The third-order valence-corrected chi connectivity index (χ3v) is 7.27. The van der Waals surface area contributed by atoms with Gasteiger partial charge in [0, 0.05) is 11.8 Å². The summed E-state index contributed by atoms with van der Waals surface area (Å²) in [5.41, 5.74) is 1.04. The minimum Gasteiger partial charge on any atom is -0.435 e. The van der Waals surface area contributed by atoms with Crippen LogP contribution in [-0.2, 0) is 16.4 Å². The maximum absolute atomic E-state index is 12.8. The second kappa shape index (κ2) is 8.34. The van der Waals surface area contributed by atoms with Crippen LogP contribution in [0.25, 0.3) is 22.3 Å². The summed E-state index contributed by atoms with van der Waals surface area (Å²) in [7, 11) is -3.14. The molecule has 1 atom stereocenters. The van der Waals surface area contributed by atoms with Gasteiger partial charge in [0.2, 0.25) is 0 Å². The smallest absolute Gasteiger partial charge is 0.387 e. The molecule has 0 aliphatic carbocycles. The maximum atomic E-state index is 12.8.